The lowest BCUT2D eigenvalue weighted by molar-refractivity contribution is -0.128. The molecule has 146 valence electrons. The molecule has 0 aliphatic carbocycles. The third-order valence-corrected chi connectivity index (χ3v) is 5.18. The lowest BCUT2D eigenvalue weighted by atomic mass is 10.1. The number of aromatic nitrogens is 1. The van der Waals surface area contributed by atoms with Gasteiger partial charge in [0.25, 0.3) is 5.91 Å². The van der Waals surface area contributed by atoms with Crippen molar-refractivity contribution in [2.75, 3.05) is 6.54 Å². The summed E-state index contributed by atoms with van der Waals surface area (Å²) in [6, 6.07) is 21.5. The number of benzene rings is 2. The molecule has 5 nitrogen and oxygen atoms in total. The van der Waals surface area contributed by atoms with Crippen LogP contribution in [0, 0.1) is 0 Å². The third kappa shape index (κ3) is 4.36. The fourth-order valence-corrected chi connectivity index (χ4v) is 3.62. The van der Waals surface area contributed by atoms with E-state index < -0.39 is 0 Å². The summed E-state index contributed by atoms with van der Waals surface area (Å²) in [6.07, 6.45) is 3.20. The fraction of sp³-hybridized carbons (Fsp3) is 0.174. The highest BCUT2D eigenvalue weighted by Crippen LogP contribution is 2.32. The number of hydrogen-bond acceptors (Lipinski definition) is 4. The van der Waals surface area contributed by atoms with E-state index in [1.54, 1.807) is 17.4 Å². The molecule has 4 rings (SSSR count). The van der Waals surface area contributed by atoms with Crippen LogP contribution in [0.1, 0.15) is 29.8 Å². The first-order chi connectivity index (χ1) is 14.1. The van der Waals surface area contributed by atoms with E-state index in [-0.39, 0.29) is 12.1 Å². The SMILES string of the molecule is CC(=NN1C(=O)CN(Cc2ccccc2)[C@@H]1c1ccncc1)c1ccc(Cl)cc1. The monoisotopic (exact) mass is 404 g/mol. The average Bonchev–Trinajstić information content (AvgIpc) is 3.04. The van der Waals surface area contributed by atoms with Gasteiger partial charge in [0, 0.05) is 24.0 Å². The van der Waals surface area contributed by atoms with Gasteiger partial charge in [-0.15, -0.1) is 0 Å². The summed E-state index contributed by atoms with van der Waals surface area (Å²) >= 11 is 5.99. The molecule has 0 bridgehead atoms. The second-order valence-corrected chi connectivity index (χ2v) is 7.41. The van der Waals surface area contributed by atoms with Gasteiger partial charge >= 0.3 is 0 Å². The number of halogens is 1. The summed E-state index contributed by atoms with van der Waals surface area (Å²) in [4.78, 5) is 19.2. The molecule has 1 atom stereocenters. The number of pyridine rings is 1. The van der Waals surface area contributed by atoms with Crippen LogP contribution in [0.5, 0.6) is 0 Å². The molecule has 6 heteroatoms. The van der Waals surface area contributed by atoms with Crippen molar-refractivity contribution >= 4 is 23.2 Å². The Morgan fingerprint density at radius 2 is 1.76 bits per heavy atom. The van der Waals surface area contributed by atoms with Crippen molar-refractivity contribution in [1.29, 1.82) is 0 Å². The lowest BCUT2D eigenvalue weighted by Gasteiger charge is -2.27. The Morgan fingerprint density at radius 1 is 1.07 bits per heavy atom. The summed E-state index contributed by atoms with van der Waals surface area (Å²) in [6.45, 7) is 2.87. The van der Waals surface area contributed by atoms with Crippen LogP contribution < -0.4 is 0 Å². The highest BCUT2D eigenvalue weighted by Gasteiger charge is 2.39. The Labute approximate surface area is 175 Å². The quantitative estimate of drug-likeness (QED) is 0.588. The molecule has 1 fully saturated rings. The second-order valence-electron chi connectivity index (χ2n) is 6.98. The molecule has 1 aromatic heterocycles. The Bertz CT molecular complexity index is 1010. The van der Waals surface area contributed by atoms with Gasteiger partial charge in [-0.05, 0) is 47.9 Å². The first kappa shape index (κ1) is 19.3. The van der Waals surface area contributed by atoms with Crippen LogP contribution in [-0.4, -0.2) is 33.1 Å². The van der Waals surface area contributed by atoms with Crippen molar-refractivity contribution in [3.63, 3.8) is 0 Å². The molecule has 29 heavy (non-hydrogen) atoms. The number of rotatable bonds is 5. The largest absolute Gasteiger partial charge is 0.271 e. The van der Waals surface area contributed by atoms with Crippen LogP contribution in [-0.2, 0) is 11.3 Å². The van der Waals surface area contributed by atoms with Crippen molar-refractivity contribution in [3.8, 4) is 0 Å². The topological polar surface area (TPSA) is 48.8 Å². The first-order valence-corrected chi connectivity index (χ1v) is 9.81. The van der Waals surface area contributed by atoms with Gasteiger partial charge in [0.15, 0.2) is 0 Å². The molecule has 1 saturated heterocycles. The van der Waals surface area contributed by atoms with Gasteiger partial charge in [0.2, 0.25) is 0 Å². The van der Waals surface area contributed by atoms with Crippen molar-refractivity contribution in [1.82, 2.24) is 14.9 Å². The van der Waals surface area contributed by atoms with Gasteiger partial charge < -0.3 is 0 Å². The number of hydrazone groups is 1. The van der Waals surface area contributed by atoms with Crippen LogP contribution in [0.15, 0.2) is 84.2 Å². The van der Waals surface area contributed by atoms with Gasteiger partial charge in [-0.3, -0.25) is 14.7 Å². The summed E-state index contributed by atoms with van der Waals surface area (Å²) in [7, 11) is 0. The average molecular weight is 405 g/mol. The van der Waals surface area contributed by atoms with Crippen LogP contribution in [0.4, 0.5) is 0 Å². The Kier molecular flexibility index (Phi) is 5.69. The van der Waals surface area contributed by atoms with E-state index in [0.29, 0.717) is 18.1 Å². The van der Waals surface area contributed by atoms with E-state index in [0.717, 1.165) is 22.4 Å². The number of carbonyl (C=O) groups is 1. The van der Waals surface area contributed by atoms with E-state index in [2.05, 4.69) is 22.0 Å². The predicted molar refractivity (Wildman–Crippen MR) is 114 cm³/mol. The zero-order chi connectivity index (χ0) is 20.2. The normalized spacial score (nSPS) is 17.7. The zero-order valence-electron chi connectivity index (χ0n) is 16.1. The minimum atomic E-state index is -0.284. The van der Waals surface area contributed by atoms with Crippen molar-refractivity contribution in [2.24, 2.45) is 5.10 Å². The van der Waals surface area contributed by atoms with Crippen molar-refractivity contribution in [3.05, 3.63) is 101 Å². The molecule has 2 heterocycles. The second kappa shape index (κ2) is 8.55. The van der Waals surface area contributed by atoms with Gasteiger partial charge in [-0.2, -0.15) is 5.10 Å². The molecule has 0 spiro atoms. The lowest BCUT2D eigenvalue weighted by Crippen LogP contribution is -2.29. The number of amides is 1. The third-order valence-electron chi connectivity index (χ3n) is 4.92. The molecular formula is C23H21ClN4O. The molecular weight excluding hydrogens is 384 g/mol. The summed E-state index contributed by atoms with van der Waals surface area (Å²) in [5.74, 6) is -0.0314. The van der Waals surface area contributed by atoms with Crippen LogP contribution in [0.2, 0.25) is 5.02 Å². The van der Waals surface area contributed by atoms with E-state index in [1.165, 1.54) is 0 Å². The van der Waals surface area contributed by atoms with Gasteiger partial charge in [-0.1, -0.05) is 54.1 Å². The molecule has 3 aromatic rings. The molecule has 2 aromatic carbocycles. The van der Waals surface area contributed by atoms with Gasteiger partial charge in [0.1, 0.15) is 6.17 Å². The molecule has 1 aliphatic rings. The minimum Gasteiger partial charge on any atom is -0.271 e. The number of carbonyl (C=O) groups excluding carboxylic acids is 1. The molecule has 1 aliphatic heterocycles. The Morgan fingerprint density at radius 3 is 2.45 bits per heavy atom. The molecule has 0 unspecified atom stereocenters. The maximum Gasteiger partial charge on any atom is 0.258 e. The fourth-order valence-electron chi connectivity index (χ4n) is 3.49. The number of hydrogen-bond donors (Lipinski definition) is 0. The maximum absolute atomic E-state index is 12.9. The van der Waals surface area contributed by atoms with E-state index in [9.17, 15) is 4.79 Å². The smallest absolute Gasteiger partial charge is 0.258 e. The van der Waals surface area contributed by atoms with Gasteiger partial charge in [-0.25, -0.2) is 5.01 Å². The minimum absolute atomic E-state index is 0.0314. The summed E-state index contributed by atoms with van der Waals surface area (Å²) < 4.78 is 0. The molecule has 0 saturated carbocycles. The highest BCUT2D eigenvalue weighted by molar-refractivity contribution is 6.30. The summed E-state index contributed by atoms with van der Waals surface area (Å²) in [5.41, 5.74) is 3.82. The standard InChI is InChI=1S/C23H21ClN4O/c1-17(19-7-9-21(24)10-8-19)26-28-22(29)16-27(15-18-5-3-2-4-6-18)23(28)20-11-13-25-14-12-20/h2-14,23H,15-16H2,1H3/t23-/m0/s1. The maximum atomic E-state index is 12.9. The van der Waals surface area contributed by atoms with Crippen LogP contribution >= 0.6 is 11.6 Å². The van der Waals surface area contributed by atoms with E-state index in [1.807, 2.05) is 61.5 Å². The van der Waals surface area contributed by atoms with Crippen LogP contribution in [0.3, 0.4) is 0 Å². The highest BCUT2D eigenvalue weighted by atomic mass is 35.5. The summed E-state index contributed by atoms with van der Waals surface area (Å²) in [5, 5.41) is 6.96. The van der Waals surface area contributed by atoms with Crippen molar-refractivity contribution < 1.29 is 4.79 Å². The predicted octanol–water partition coefficient (Wildman–Crippen LogP) is 4.50. The molecule has 0 N–H and O–H groups in total. The first-order valence-electron chi connectivity index (χ1n) is 9.43. The number of nitrogens with zero attached hydrogens (tertiary/aromatic N) is 4. The molecule has 1 amide bonds. The Hall–Kier alpha value is -3.02. The van der Waals surface area contributed by atoms with E-state index in [4.69, 9.17) is 16.7 Å². The Balaban J connectivity index is 1.68. The van der Waals surface area contributed by atoms with E-state index >= 15 is 0 Å². The van der Waals surface area contributed by atoms with Crippen LogP contribution in [0.25, 0.3) is 0 Å². The van der Waals surface area contributed by atoms with Gasteiger partial charge in [0.05, 0.1) is 12.3 Å². The zero-order valence-corrected chi connectivity index (χ0v) is 16.8. The molecule has 0 radical (unpaired) electrons. The van der Waals surface area contributed by atoms with Crippen molar-refractivity contribution in [2.45, 2.75) is 19.6 Å².